The summed E-state index contributed by atoms with van der Waals surface area (Å²) < 4.78 is 0.956. The van der Waals surface area contributed by atoms with Crippen LogP contribution in [0.15, 0.2) is 33.6 Å². The molecule has 1 aromatic carbocycles. The van der Waals surface area contributed by atoms with Gasteiger partial charge in [0, 0.05) is 15.1 Å². The Morgan fingerprint density at radius 3 is 2.73 bits per heavy atom. The summed E-state index contributed by atoms with van der Waals surface area (Å²) in [6.07, 6.45) is -1.02. The topological polar surface area (TPSA) is 57.5 Å². The van der Waals surface area contributed by atoms with E-state index < -0.39 is 12.1 Å². The molecule has 1 atom stereocenters. The first-order valence-electron chi connectivity index (χ1n) is 4.37. The second-order valence-corrected chi connectivity index (χ2v) is 4.91. The van der Waals surface area contributed by atoms with Crippen LogP contribution in [0.1, 0.15) is 6.42 Å². The number of halogens is 1. The van der Waals surface area contributed by atoms with Crippen molar-refractivity contribution >= 4 is 33.7 Å². The van der Waals surface area contributed by atoms with Crippen LogP contribution in [0.4, 0.5) is 0 Å². The number of hydrogen-bond acceptors (Lipinski definition) is 3. The molecule has 2 N–H and O–H groups in total. The highest BCUT2D eigenvalue weighted by atomic mass is 79.9. The third-order valence-electron chi connectivity index (χ3n) is 1.68. The van der Waals surface area contributed by atoms with Crippen LogP contribution < -0.4 is 0 Å². The predicted molar refractivity (Wildman–Crippen MR) is 63.1 cm³/mol. The Morgan fingerprint density at radius 2 is 2.13 bits per heavy atom. The summed E-state index contributed by atoms with van der Waals surface area (Å²) in [4.78, 5) is 11.3. The molecule has 0 heterocycles. The van der Waals surface area contributed by atoms with Gasteiger partial charge in [-0.25, -0.2) is 0 Å². The molecule has 3 nitrogen and oxygen atoms in total. The molecule has 0 aromatic heterocycles. The van der Waals surface area contributed by atoms with Crippen LogP contribution in [0, 0.1) is 0 Å². The zero-order valence-corrected chi connectivity index (χ0v) is 10.3. The zero-order chi connectivity index (χ0) is 11.3. The van der Waals surface area contributed by atoms with E-state index in [-0.39, 0.29) is 6.42 Å². The highest BCUT2D eigenvalue weighted by Gasteiger charge is 2.10. The minimum atomic E-state index is -0.977. The van der Waals surface area contributed by atoms with Crippen molar-refractivity contribution in [3.63, 3.8) is 0 Å². The van der Waals surface area contributed by atoms with Gasteiger partial charge in [0.25, 0.3) is 0 Å². The van der Waals surface area contributed by atoms with Crippen molar-refractivity contribution in [1.82, 2.24) is 0 Å². The summed E-state index contributed by atoms with van der Waals surface area (Å²) in [7, 11) is 0. The fourth-order valence-electron chi connectivity index (χ4n) is 1.01. The fourth-order valence-corrected chi connectivity index (χ4v) is 2.51. The van der Waals surface area contributed by atoms with Gasteiger partial charge in [-0.3, -0.25) is 4.79 Å². The number of aliphatic carboxylic acids is 1. The van der Waals surface area contributed by atoms with Gasteiger partial charge >= 0.3 is 5.97 Å². The lowest BCUT2D eigenvalue weighted by atomic mass is 10.3. The number of rotatable bonds is 5. The van der Waals surface area contributed by atoms with Gasteiger partial charge in [-0.1, -0.05) is 12.1 Å². The number of aliphatic hydroxyl groups excluding tert-OH is 1. The van der Waals surface area contributed by atoms with E-state index in [1.165, 1.54) is 11.8 Å². The van der Waals surface area contributed by atoms with E-state index in [0.29, 0.717) is 5.75 Å². The Balaban J connectivity index is 2.43. The lowest BCUT2D eigenvalue weighted by Gasteiger charge is -2.08. The number of hydrogen-bond donors (Lipinski definition) is 2. The highest BCUT2D eigenvalue weighted by Crippen LogP contribution is 2.27. The molecule has 0 fully saturated rings. The Bertz CT molecular complexity index is 343. The standard InChI is InChI=1S/C10H11BrO3S/c11-8-3-1-2-4-9(8)15-6-7(12)5-10(13)14/h1-4,7,12H,5-6H2,(H,13,14). The summed E-state index contributed by atoms with van der Waals surface area (Å²) in [6, 6.07) is 7.63. The maximum absolute atomic E-state index is 10.3. The van der Waals surface area contributed by atoms with E-state index in [9.17, 15) is 9.90 Å². The molecule has 15 heavy (non-hydrogen) atoms. The molecule has 1 unspecified atom stereocenters. The first-order valence-corrected chi connectivity index (χ1v) is 6.14. The van der Waals surface area contributed by atoms with Crippen molar-refractivity contribution in [2.45, 2.75) is 17.4 Å². The second kappa shape index (κ2) is 6.15. The molecule has 0 spiro atoms. The van der Waals surface area contributed by atoms with Gasteiger partial charge in [0.2, 0.25) is 0 Å². The molecule has 0 aliphatic rings. The fraction of sp³-hybridized carbons (Fsp3) is 0.300. The van der Waals surface area contributed by atoms with Crippen molar-refractivity contribution in [2.24, 2.45) is 0 Å². The van der Waals surface area contributed by atoms with E-state index in [4.69, 9.17) is 5.11 Å². The van der Waals surface area contributed by atoms with Crippen molar-refractivity contribution in [1.29, 1.82) is 0 Å². The summed E-state index contributed by atoms with van der Waals surface area (Å²) in [5, 5.41) is 17.8. The van der Waals surface area contributed by atoms with Gasteiger partial charge in [-0.2, -0.15) is 0 Å². The van der Waals surface area contributed by atoms with Gasteiger partial charge in [0.05, 0.1) is 12.5 Å². The molecule has 0 aliphatic carbocycles. The normalized spacial score (nSPS) is 12.4. The van der Waals surface area contributed by atoms with Crippen molar-refractivity contribution in [3.8, 4) is 0 Å². The van der Waals surface area contributed by atoms with Crippen LogP contribution >= 0.6 is 27.7 Å². The second-order valence-electron chi connectivity index (χ2n) is 2.99. The van der Waals surface area contributed by atoms with Gasteiger partial charge < -0.3 is 10.2 Å². The number of benzene rings is 1. The molecule has 0 amide bonds. The van der Waals surface area contributed by atoms with Crippen LogP contribution in [0.25, 0.3) is 0 Å². The van der Waals surface area contributed by atoms with Crippen molar-refractivity contribution in [2.75, 3.05) is 5.75 Å². The van der Waals surface area contributed by atoms with Crippen LogP contribution in [-0.2, 0) is 4.79 Å². The summed E-state index contributed by atoms with van der Waals surface area (Å²) in [6.45, 7) is 0. The van der Waals surface area contributed by atoms with Crippen molar-refractivity contribution < 1.29 is 15.0 Å². The molecule has 0 aliphatic heterocycles. The minimum absolute atomic E-state index is 0.211. The average Bonchev–Trinajstić information content (AvgIpc) is 2.15. The van der Waals surface area contributed by atoms with E-state index in [1.54, 1.807) is 0 Å². The monoisotopic (exact) mass is 290 g/mol. The Kier molecular flexibility index (Phi) is 5.14. The highest BCUT2D eigenvalue weighted by molar-refractivity contribution is 9.10. The van der Waals surface area contributed by atoms with E-state index in [2.05, 4.69) is 15.9 Å². The van der Waals surface area contributed by atoms with Gasteiger partial charge in [-0.05, 0) is 28.1 Å². The SMILES string of the molecule is O=C(O)CC(O)CSc1ccccc1Br. The largest absolute Gasteiger partial charge is 0.481 e. The molecule has 0 saturated heterocycles. The molecule has 1 aromatic rings. The molecule has 5 heteroatoms. The first kappa shape index (κ1) is 12.5. The molecule has 1 rings (SSSR count). The van der Waals surface area contributed by atoms with Gasteiger partial charge in [0.1, 0.15) is 0 Å². The van der Waals surface area contributed by atoms with Gasteiger partial charge in [0.15, 0.2) is 0 Å². The zero-order valence-electron chi connectivity index (χ0n) is 7.89. The number of thioether (sulfide) groups is 1. The van der Waals surface area contributed by atoms with E-state index in [1.807, 2.05) is 24.3 Å². The number of aliphatic hydroxyl groups is 1. The smallest absolute Gasteiger partial charge is 0.306 e. The lowest BCUT2D eigenvalue weighted by Crippen LogP contribution is -2.15. The van der Waals surface area contributed by atoms with Gasteiger partial charge in [-0.15, -0.1) is 11.8 Å². The number of carboxylic acids is 1. The third-order valence-corrected chi connectivity index (χ3v) is 3.85. The molecule has 82 valence electrons. The Labute approximate surface area is 101 Å². The van der Waals surface area contributed by atoms with Crippen LogP contribution in [0.2, 0.25) is 0 Å². The van der Waals surface area contributed by atoms with E-state index >= 15 is 0 Å². The van der Waals surface area contributed by atoms with E-state index in [0.717, 1.165) is 9.37 Å². The molecule has 0 radical (unpaired) electrons. The lowest BCUT2D eigenvalue weighted by molar-refractivity contribution is -0.138. The molecular formula is C10H11BrO3S. The minimum Gasteiger partial charge on any atom is -0.481 e. The van der Waals surface area contributed by atoms with Crippen molar-refractivity contribution in [3.05, 3.63) is 28.7 Å². The quantitative estimate of drug-likeness (QED) is 0.818. The average molecular weight is 291 g/mol. The summed E-state index contributed by atoms with van der Waals surface area (Å²) in [5.41, 5.74) is 0. The number of carboxylic acid groups (broad SMARTS) is 1. The van der Waals surface area contributed by atoms with Crippen LogP contribution in [0.5, 0.6) is 0 Å². The summed E-state index contributed by atoms with van der Waals surface area (Å²) in [5.74, 6) is -0.593. The maximum atomic E-state index is 10.3. The number of carbonyl (C=O) groups is 1. The molecule has 0 saturated carbocycles. The maximum Gasteiger partial charge on any atom is 0.306 e. The predicted octanol–water partition coefficient (Wildman–Crippen LogP) is 2.38. The van der Waals surface area contributed by atoms with Crippen LogP contribution in [-0.4, -0.2) is 28.0 Å². The Hall–Kier alpha value is -0.520. The van der Waals surface area contributed by atoms with Crippen LogP contribution in [0.3, 0.4) is 0 Å². The molecule has 0 bridgehead atoms. The first-order chi connectivity index (χ1) is 7.09. The molecular weight excluding hydrogens is 280 g/mol. The third kappa shape index (κ3) is 4.68. The summed E-state index contributed by atoms with van der Waals surface area (Å²) >= 11 is 4.82. The Morgan fingerprint density at radius 1 is 1.47 bits per heavy atom.